The minimum absolute atomic E-state index is 0.598. The summed E-state index contributed by atoms with van der Waals surface area (Å²) in [7, 11) is 0. The molecule has 0 atom stereocenters. The SMILES string of the molecule is CCCc1c(N)ncnc1NN1CCCCC1. The molecule has 1 aliphatic heterocycles. The Balaban J connectivity index is 2.10. The second kappa shape index (κ2) is 5.82. The molecule has 0 aliphatic carbocycles. The van der Waals surface area contributed by atoms with E-state index in [1.165, 1.54) is 25.6 Å². The molecule has 2 rings (SSSR count). The number of hydrazine groups is 1. The van der Waals surface area contributed by atoms with Gasteiger partial charge in [0.1, 0.15) is 18.0 Å². The van der Waals surface area contributed by atoms with E-state index in [0.29, 0.717) is 5.82 Å². The number of hydrogen-bond acceptors (Lipinski definition) is 5. The molecule has 2 heterocycles. The number of piperidine rings is 1. The van der Waals surface area contributed by atoms with Gasteiger partial charge >= 0.3 is 0 Å². The van der Waals surface area contributed by atoms with E-state index in [1.807, 2.05) is 0 Å². The highest BCUT2D eigenvalue weighted by Gasteiger charge is 2.14. The number of rotatable bonds is 4. The van der Waals surface area contributed by atoms with Crippen molar-refractivity contribution in [3.8, 4) is 0 Å². The van der Waals surface area contributed by atoms with Crippen molar-refractivity contribution in [2.45, 2.75) is 39.0 Å². The fourth-order valence-corrected chi connectivity index (χ4v) is 2.17. The van der Waals surface area contributed by atoms with Crippen molar-refractivity contribution in [3.63, 3.8) is 0 Å². The van der Waals surface area contributed by atoms with Crippen molar-refractivity contribution in [1.29, 1.82) is 0 Å². The lowest BCUT2D eigenvalue weighted by atomic mass is 10.1. The maximum absolute atomic E-state index is 5.90. The standard InChI is InChI=1S/C12H21N5/c1-2-6-10-11(13)14-9-15-12(10)16-17-7-4-3-5-8-17/h9H,2-8H2,1H3,(H3,13,14,15,16). The molecule has 0 unspecified atom stereocenters. The van der Waals surface area contributed by atoms with E-state index in [-0.39, 0.29) is 0 Å². The number of anilines is 2. The van der Waals surface area contributed by atoms with Crippen molar-refractivity contribution < 1.29 is 0 Å². The summed E-state index contributed by atoms with van der Waals surface area (Å²) in [4.78, 5) is 8.37. The number of hydrogen-bond donors (Lipinski definition) is 2. The molecule has 0 bridgehead atoms. The molecule has 5 heteroatoms. The number of aromatic nitrogens is 2. The fraction of sp³-hybridized carbons (Fsp3) is 0.667. The topological polar surface area (TPSA) is 67.1 Å². The lowest BCUT2D eigenvalue weighted by Crippen LogP contribution is -2.35. The summed E-state index contributed by atoms with van der Waals surface area (Å²) in [6, 6.07) is 0. The molecule has 3 N–H and O–H groups in total. The van der Waals surface area contributed by atoms with Crippen molar-refractivity contribution in [3.05, 3.63) is 11.9 Å². The third-order valence-electron chi connectivity index (χ3n) is 3.10. The van der Waals surface area contributed by atoms with Crippen LogP contribution in [0.25, 0.3) is 0 Å². The molecule has 0 aromatic carbocycles. The number of nitrogens with one attached hydrogen (secondary N) is 1. The third-order valence-corrected chi connectivity index (χ3v) is 3.10. The average molecular weight is 235 g/mol. The van der Waals surface area contributed by atoms with Gasteiger partial charge in [0.05, 0.1) is 0 Å². The van der Waals surface area contributed by atoms with E-state index in [1.54, 1.807) is 0 Å². The quantitative estimate of drug-likeness (QED) is 0.833. The zero-order valence-corrected chi connectivity index (χ0v) is 10.4. The molecule has 0 spiro atoms. The molecule has 1 aromatic rings. The molecular weight excluding hydrogens is 214 g/mol. The van der Waals surface area contributed by atoms with E-state index in [4.69, 9.17) is 5.73 Å². The predicted octanol–water partition coefficient (Wildman–Crippen LogP) is 1.82. The average Bonchev–Trinajstić information content (AvgIpc) is 2.35. The van der Waals surface area contributed by atoms with Gasteiger partial charge in [-0.3, -0.25) is 0 Å². The molecule has 0 amide bonds. The summed E-state index contributed by atoms with van der Waals surface area (Å²) < 4.78 is 0. The maximum atomic E-state index is 5.90. The number of nitrogen functional groups attached to an aromatic ring is 1. The van der Waals surface area contributed by atoms with E-state index in [2.05, 4.69) is 27.3 Å². The van der Waals surface area contributed by atoms with Crippen LogP contribution in [0.15, 0.2) is 6.33 Å². The minimum Gasteiger partial charge on any atom is -0.383 e. The number of nitrogens with zero attached hydrogens (tertiary/aromatic N) is 3. The van der Waals surface area contributed by atoms with Gasteiger partial charge in [0.25, 0.3) is 0 Å². The van der Waals surface area contributed by atoms with Gasteiger partial charge < -0.3 is 11.2 Å². The highest BCUT2D eigenvalue weighted by Crippen LogP contribution is 2.20. The monoisotopic (exact) mass is 235 g/mol. The second-order valence-corrected chi connectivity index (χ2v) is 4.50. The lowest BCUT2D eigenvalue weighted by Gasteiger charge is -2.28. The molecule has 1 aromatic heterocycles. The molecule has 1 fully saturated rings. The van der Waals surface area contributed by atoms with Gasteiger partial charge in [-0.25, -0.2) is 15.0 Å². The van der Waals surface area contributed by atoms with Crippen LogP contribution < -0.4 is 11.2 Å². The van der Waals surface area contributed by atoms with Crippen LogP contribution in [-0.2, 0) is 6.42 Å². The van der Waals surface area contributed by atoms with Gasteiger partial charge in [-0.15, -0.1) is 0 Å². The summed E-state index contributed by atoms with van der Waals surface area (Å²) in [6.45, 7) is 4.29. The predicted molar refractivity (Wildman–Crippen MR) is 69.5 cm³/mol. The summed E-state index contributed by atoms with van der Waals surface area (Å²) in [5.74, 6) is 1.47. The van der Waals surface area contributed by atoms with E-state index >= 15 is 0 Å². The van der Waals surface area contributed by atoms with Crippen LogP contribution >= 0.6 is 0 Å². The van der Waals surface area contributed by atoms with Gasteiger partial charge in [-0.1, -0.05) is 19.8 Å². The molecule has 1 aliphatic rings. The van der Waals surface area contributed by atoms with Crippen molar-refractivity contribution in [1.82, 2.24) is 15.0 Å². The molecule has 17 heavy (non-hydrogen) atoms. The van der Waals surface area contributed by atoms with Gasteiger partial charge in [0.2, 0.25) is 0 Å². The van der Waals surface area contributed by atoms with Crippen LogP contribution in [0.4, 0.5) is 11.6 Å². The molecular formula is C12H21N5. The zero-order valence-electron chi connectivity index (χ0n) is 10.4. The molecule has 0 radical (unpaired) electrons. The highest BCUT2D eigenvalue weighted by molar-refractivity contribution is 5.54. The normalized spacial score (nSPS) is 17.0. The Kier molecular flexibility index (Phi) is 4.14. The number of nitrogens with two attached hydrogens (primary N) is 1. The largest absolute Gasteiger partial charge is 0.383 e. The van der Waals surface area contributed by atoms with Crippen LogP contribution in [0.5, 0.6) is 0 Å². The van der Waals surface area contributed by atoms with Crippen LogP contribution in [-0.4, -0.2) is 28.1 Å². The van der Waals surface area contributed by atoms with Crippen molar-refractivity contribution in [2.75, 3.05) is 24.2 Å². The Morgan fingerprint density at radius 2 is 2.06 bits per heavy atom. The second-order valence-electron chi connectivity index (χ2n) is 4.50. The fourth-order valence-electron chi connectivity index (χ4n) is 2.17. The first-order chi connectivity index (χ1) is 8.31. The molecule has 0 saturated carbocycles. The van der Waals surface area contributed by atoms with E-state index < -0.39 is 0 Å². The Morgan fingerprint density at radius 1 is 1.29 bits per heavy atom. The Morgan fingerprint density at radius 3 is 2.76 bits per heavy atom. The van der Waals surface area contributed by atoms with Gasteiger partial charge in [-0.2, -0.15) is 0 Å². The van der Waals surface area contributed by atoms with E-state index in [9.17, 15) is 0 Å². The van der Waals surface area contributed by atoms with Gasteiger partial charge in [0, 0.05) is 18.7 Å². The smallest absolute Gasteiger partial charge is 0.149 e. The first-order valence-electron chi connectivity index (χ1n) is 6.42. The highest BCUT2D eigenvalue weighted by atomic mass is 15.5. The van der Waals surface area contributed by atoms with Crippen LogP contribution in [0.2, 0.25) is 0 Å². The maximum Gasteiger partial charge on any atom is 0.149 e. The van der Waals surface area contributed by atoms with Crippen molar-refractivity contribution >= 4 is 11.6 Å². The Labute approximate surface area is 102 Å². The Hall–Kier alpha value is -1.36. The lowest BCUT2D eigenvalue weighted by molar-refractivity contribution is 0.272. The van der Waals surface area contributed by atoms with Gasteiger partial charge in [-0.05, 0) is 19.3 Å². The summed E-state index contributed by atoms with van der Waals surface area (Å²) in [5, 5.41) is 2.23. The summed E-state index contributed by atoms with van der Waals surface area (Å²) in [6.07, 6.45) is 7.31. The molecule has 94 valence electrons. The van der Waals surface area contributed by atoms with Gasteiger partial charge in [0.15, 0.2) is 0 Å². The first kappa shape index (κ1) is 12.1. The molecule has 5 nitrogen and oxygen atoms in total. The molecule has 1 saturated heterocycles. The van der Waals surface area contributed by atoms with Crippen LogP contribution in [0, 0.1) is 0 Å². The summed E-state index contributed by atoms with van der Waals surface area (Å²) in [5.41, 5.74) is 10.3. The van der Waals surface area contributed by atoms with Crippen LogP contribution in [0.3, 0.4) is 0 Å². The summed E-state index contributed by atoms with van der Waals surface area (Å²) >= 11 is 0. The minimum atomic E-state index is 0.598. The third kappa shape index (κ3) is 3.06. The van der Waals surface area contributed by atoms with Crippen LogP contribution in [0.1, 0.15) is 38.2 Å². The zero-order chi connectivity index (χ0) is 12.1. The Bertz CT molecular complexity index is 360. The first-order valence-corrected chi connectivity index (χ1v) is 6.42. The van der Waals surface area contributed by atoms with E-state index in [0.717, 1.165) is 37.3 Å². The van der Waals surface area contributed by atoms with Crippen molar-refractivity contribution in [2.24, 2.45) is 0 Å².